The molecule has 0 spiro atoms. The Morgan fingerprint density at radius 3 is 3.00 bits per heavy atom. The van der Waals surface area contributed by atoms with Gasteiger partial charge in [0.25, 0.3) is 0 Å². The zero-order valence-corrected chi connectivity index (χ0v) is 15.0. The van der Waals surface area contributed by atoms with E-state index in [-0.39, 0.29) is 5.91 Å². The molecule has 0 atom stereocenters. The topological polar surface area (TPSA) is 72.1 Å². The molecule has 0 aromatic carbocycles. The molecule has 0 bridgehead atoms. The lowest BCUT2D eigenvalue weighted by Crippen LogP contribution is -2.34. The maximum Gasteiger partial charge on any atom is 0.237 e. The molecule has 2 aromatic rings. The minimum absolute atomic E-state index is 0.170. The Morgan fingerprint density at radius 2 is 2.25 bits per heavy atom. The summed E-state index contributed by atoms with van der Waals surface area (Å²) < 4.78 is 0. The molecule has 24 heavy (non-hydrogen) atoms. The Balaban J connectivity index is 1.47. The van der Waals surface area contributed by atoms with E-state index in [9.17, 15) is 4.79 Å². The summed E-state index contributed by atoms with van der Waals surface area (Å²) in [7, 11) is 0. The molecule has 4 rings (SSSR count). The quantitative estimate of drug-likeness (QED) is 0.648. The predicted octanol–water partition coefficient (Wildman–Crippen LogP) is 3.81. The number of carbonyl (C=O) groups excluding carboxylic acids is 1. The fraction of sp³-hybridized carbons (Fsp3) is 0.471. The molecule has 2 heterocycles. The first-order chi connectivity index (χ1) is 11.7. The Kier molecular flexibility index (Phi) is 4.45. The zero-order chi connectivity index (χ0) is 16.5. The van der Waals surface area contributed by atoms with Crippen molar-refractivity contribution in [3.8, 4) is 0 Å². The van der Waals surface area contributed by atoms with E-state index in [1.165, 1.54) is 30.3 Å². The highest BCUT2D eigenvalue weighted by Gasteiger charge is 2.34. The summed E-state index contributed by atoms with van der Waals surface area (Å²) in [4.78, 5) is 24.5. The molecular formula is C17H20N4OS2. The van der Waals surface area contributed by atoms with Crippen molar-refractivity contribution in [2.75, 3.05) is 11.5 Å². The number of nitrogen functional groups attached to an aromatic ring is 1. The number of amides is 1. The Labute approximate surface area is 149 Å². The summed E-state index contributed by atoms with van der Waals surface area (Å²) in [5, 5.41) is 3.44. The average Bonchev–Trinajstić information content (AvgIpc) is 3.30. The number of nitrogens with two attached hydrogens (primary N) is 1. The molecule has 1 fully saturated rings. The van der Waals surface area contributed by atoms with Crippen molar-refractivity contribution >= 4 is 45.0 Å². The molecule has 2 aromatic heterocycles. The molecule has 1 saturated carbocycles. The number of allylic oxidation sites excluding steroid dienone is 2. The molecule has 7 heteroatoms. The Hall–Kier alpha value is -1.60. The number of carbonyl (C=O) groups is 1. The highest BCUT2D eigenvalue weighted by molar-refractivity contribution is 7.99. The molecule has 0 aliphatic heterocycles. The fourth-order valence-corrected chi connectivity index (χ4v) is 4.63. The van der Waals surface area contributed by atoms with Gasteiger partial charge in [-0.15, -0.1) is 11.3 Å². The molecule has 0 unspecified atom stereocenters. The van der Waals surface area contributed by atoms with Crippen LogP contribution in [0.4, 0.5) is 5.82 Å². The summed E-state index contributed by atoms with van der Waals surface area (Å²) in [6.45, 7) is 0. The predicted molar refractivity (Wildman–Crippen MR) is 99.0 cm³/mol. The minimum atomic E-state index is 0.170. The SMILES string of the molecule is Nc1nc(SCC(=O)N(C2=CCCCC2)C2CC2)nc2sccc12. The number of thioether (sulfide) groups is 1. The molecule has 0 saturated heterocycles. The molecule has 2 aliphatic rings. The van der Waals surface area contributed by atoms with Crippen LogP contribution in [0, 0.1) is 0 Å². The van der Waals surface area contributed by atoms with Gasteiger partial charge in [0.1, 0.15) is 10.6 Å². The van der Waals surface area contributed by atoms with Gasteiger partial charge in [0.2, 0.25) is 5.91 Å². The molecule has 0 radical (unpaired) electrons. The standard InChI is InChI=1S/C17H20N4OS2/c18-15-13-8-9-23-16(13)20-17(19-15)24-10-14(22)21(12-6-7-12)11-4-2-1-3-5-11/h4,8-9,12H,1-3,5-7,10H2,(H2,18,19,20). The second kappa shape index (κ2) is 6.72. The first-order valence-corrected chi connectivity index (χ1v) is 10.2. The number of hydrogen-bond donors (Lipinski definition) is 1. The lowest BCUT2D eigenvalue weighted by atomic mass is 10.0. The van der Waals surface area contributed by atoms with E-state index >= 15 is 0 Å². The number of anilines is 1. The lowest BCUT2D eigenvalue weighted by Gasteiger charge is -2.27. The molecule has 126 valence electrons. The van der Waals surface area contributed by atoms with Crippen LogP contribution < -0.4 is 5.73 Å². The van der Waals surface area contributed by atoms with E-state index in [4.69, 9.17) is 5.73 Å². The van der Waals surface area contributed by atoms with Gasteiger partial charge < -0.3 is 10.6 Å². The number of rotatable bonds is 5. The van der Waals surface area contributed by atoms with Crippen LogP contribution in [0.2, 0.25) is 0 Å². The zero-order valence-electron chi connectivity index (χ0n) is 13.4. The molecular weight excluding hydrogens is 340 g/mol. The smallest absolute Gasteiger partial charge is 0.237 e. The van der Waals surface area contributed by atoms with E-state index in [2.05, 4.69) is 16.0 Å². The molecule has 2 aliphatic carbocycles. The van der Waals surface area contributed by atoms with Gasteiger partial charge in [0, 0.05) is 11.7 Å². The third-order valence-corrected chi connectivity index (χ3v) is 6.05. The normalized spacial score (nSPS) is 17.8. The van der Waals surface area contributed by atoms with Gasteiger partial charge in [-0.3, -0.25) is 4.79 Å². The third-order valence-electron chi connectivity index (χ3n) is 4.42. The molecule has 2 N–H and O–H groups in total. The van der Waals surface area contributed by atoms with Crippen molar-refractivity contribution in [2.45, 2.75) is 49.7 Å². The van der Waals surface area contributed by atoms with Crippen LogP contribution in [-0.2, 0) is 4.79 Å². The van der Waals surface area contributed by atoms with Crippen molar-refractivity contribution < 1.29 is 4.79 Å². The van der Waals surface area contributed by atoms with Crippen molar-refractivity contribution in [1.29, 1.82) is 0 Å². The summed E-state index contributed by atoms with van der Waals surface area (Å²) in [6.07, 6.45) is 9.03. The number of nitrogens with zero attached hydrogens (tertiary/aromatic N) is 3. The largest absolute Gasteiger partial charge is 0.383 e. The van der Waals surface area contributed by atoms with Crippen LogP contribution in [0.5, 0.6) is 0 Å². The first-order valence-electron chi connectivity index (χ1n) is 8.37. The van der Waals surface area contributed by atoms with E-state index < -0.39 is 0 Å². The summed E-state index contributed by atoms with van der Waals surface area (Å²) in [5.74, 6) is 1.03. The third kappa shape index (κ3) is 3.28. The monoisotopic (exact) mass is 360 g/mol. The number of hydrogen-bond acceptors (Lipinski definition) is 6. The maximum atomic E-state index is 12.8. The lowest BCUT2D eigenvalue weighted by molar-refractivity contribution is -0.127. The van der Waals surface area contributed by atoms with Gasteiger partial charge in [-0.1, -0.05) is 17.8 Å². The molecule has 5 nitrogen and oxygen atoms in total. The van der Waals surface area contributed by atoms with E-state index in [1.807, 2.05) is 16.3 Å². The van der Waals surface area contributed by atoms with Crippen LogP contribution in [-0.4, -0.2) is 32.6 Å². The van der Waals surface area contributed by atoms with Crippen molar-refractivity contribution in [3.05, 3.63) is 23.2 Å². The Morgan fingerprint density at radius 1 is 1.38 bits per heavy atom. The highest BCUT2D eigenvalue weighted by Crippen LogP contribution is 2.34. The van der Waals surface area contributed by atoms with Gasteiger partial charge >= 0.3 is 0 Å². The van der Waals surface area contributed by atoms with Gasteiger partial charge in [0.05, 0.1) is 11.1 Å². The van der Waals surface area contributed by atoms with E-state index in [0.29, 0.717) is 22.8 Å². The van der Waals surface area contributed by atoms with Gasteiger partial charge in [-0.2, -0.15) is 0 Å². The van der Waals surface area contributed by atoms with Crippen LogP contribution in [0.1, 0.15) is 38.5 Å². The van der Waals surface area contributed by atoms with Crippen LogP contribution in [0.15, 0.2) is 28.4 Å². The molecule has 1 amide bonds. The second-order valence-corrected chi connectivity index (χ2v) is 8.09. The van der Waals surface area contributed by atoms with Crippen LogP contribution >= 0.6 is 23.1 Å². The number of fused-ring (bicyclic) bond motifs is 1. The highest BCUT2D eigenvalue weighted by atomic mass is 32.2. The fourth-order valence-electron chi connectivity index (χ4n) is 3.09. The maximum absolute atomic E-state index is 12.8. The minimum Gasteiger partial charge on any atom is -0.383 e. The van der Waals surface area contributed by atoms with E-state index in [1.54, 1.807) is 11.3 Å². The van der Waals surface area contributed by atoms with Crippen molar-refractivity contribution in [2.24, 2.45) is 0 Å². The van der Waals surface area contributed by atoms with Crippen molar-refractivity contribution in [1.82, 2.24) is 14.9 Å². The second-order valence-electron chi connectivity index (χ2n) is 6.26. The van der Waals surface area contributed by atoms with Crippen LogP contribution in [0.3, 0.4) is 0 Å². The first kappa shape index (κ1) is 15.9. The number of aromatic nitrogens is 2. The summed E-state index contributed by atoms with van der Waals surface area (Å²) in [6, 6.07) is 2.34. The number of thiophene rings is 1. The van der Waals surface area contributed by atoms with Crippen LogP contribution in [0.25, 0.3) is 10.2 Å². The summed E-state index contributed by atoms with van der Waals surface area (Å²) >= 11 is 2.93. The van der Waals surface area contributed by atoms with E-state index in [0.717, 1.165) is 35.9 Å². The Bertz CT molecular complexity index is 797. The van der Waals surface area contributed by atoms with Gasteiger partial charge in [-0.05, 0) is 50.0 Å². The average molecular weight is 361 g/mol. The summed E-state index contributed by atoms with van der Waals surface area (Å²) in [5.41, 5.74) is 7.21. The van der Waals surface area contributed by atoms with Crippen molar-refractivity contribution in [3.63, 3.8) is 0 Å². The van der Waals surface area contributed by atoms with Gasteiger partial charge in [0.15, 0.2) is 5.16 Å². The van der Waals surface area contributed by atoms with Gasteiger partial charge in [-0.25, -0.2) is 9.97 Å².